The van der Waals surface area contributed by atoms with Gasteiger partial charge in [-0.15, -0.1) is 0 Å². The molecule has 1 heterocycles. The van der Waals surface area contributed by atoms with Crippen molar-refractivity contribution in [1.29, 1.82) is 0 Å². The van der Waals surface area contributed by atoms with Crippen molar-refractivity contribution < 1.29 is 17.7 Å². The Morgan fingerprint density at radius 1 is 1.17 bits per heavy atom. The number of benzene rings is 1. The van der Waals surface area contributed by atoms with Crippen molar-refractivity contribution in [2.45, 2.75) is 56.9 Å². The van der Waals surface area contributed by atoms with Crippen LogP contribution in [-0.2, 0) is 14.9 Å². The molecule has 2 fully saturated rings. The van der Waals surface area contributed by atoms with Gasteiger partial charge in [0.1, 0.15) is 0 Å². The molecular weight excluding hydrogens is 390 g/mol. The summed E-state index contributed by atoms with van der Waals surface area (Å²) in [5.74, 6) is 0. The first-order valence-electron chi connectivity index (χ1n) is 10.3. The highest BCUT2D eigenvalue weighted by molar-refractivity contribution is 7.85. The Labute approximate surface area is 174 Å². The van der Waals surface area contributed by atoms with Crippen molar-refractivity contribution in [2.75, 3.05) is 39.4 Å². The van der Waals surface area contributed by atoms with Gasteiger partial charge in [-0.3, -0.25) is 9.45 Å². The highest BCUT2D eigenvalue weighted by atomic mass is 32.2. The Morgan fingerprint density at radius 2 is 1.86 bits per heavy atom. The summed E-state index contributed by atoms with van der Waals surface area (Å²) in [6, 6.07) is 8.15. The second-order valence-electron chi connectivity index (χ2n) is 7.60. The summed E-state index contributed by atoms with van der Waals surface area (Å²) in [5.41, 5.74) is 1.54. The van der Waals surface area contributed by atoms with E-state index < -0.39 is 10.1 Å². The molecule has 0 unspecified atom stereocenters. The predicted octanol–water partition coefficient (Wildman–Crippen LogP) is 3.38. The van der Waals surface area contributed by atoms with E-state index in [9.17, 15) is 8.42 Å². The van der Waals surface area contributed by atoms with Gasteiger partial charge in [-0.05, 0) is 38.3 Å². The fraction of sp³-hybridized carbons (Fsp3) is 0.667. The molecule has 0 amide bonds. The van der Waals surface area contributed by atoms with Gasteiger partial charge in [-0.25, -0.2) is 9.98 Å². The van der Waals surface area contributed by atoms with E-state index in [1.54, 1.807) is 19.1 Å². The molecular formula is C21H33N3O4S. The third-order valence-electron chi connectivity index (χ3n) is 5.13. The fourth-order valence-electron chi connectivity index (χ4n) is 3.49. The molecule has 8 heteroatoms. The highest BCUT2D eigenvalue weighted by Crippen LogP contribution is 2.19. The summed E-state index contributed by atoms with van der Waals surface area (Å²) >= 11 is 0. The number of morpholine rings is 1. The number of ether oxygens (including phenoxy) is 1. The third kappa shape index (κ3) is 9.19. The maximum Gasteiger partial charge on any atom is 0.294 e. The maximum absolute atomic E-state index is 10.7. The smallest absolute Gasteiger partial charge is 0.294 e. The molecule has 7 nitrogen and oxygen atoms in total. The van der Waals surface area contributed by atoms with E-state index in [1.807, 2.05) is 6.92 Å². The largest absolute Gasteiger partial charge is 0.379 e. The summed E-state index contributed by atoms with van der Waals surface area (Å²) in [6.45, 7) is 9.13. The van der Waals surface area contributed by atoms with E-state index in [0.717, 1.165) is 45.0 Å². The normalized spacial score (nSPS) is 18.3. The molecule has 0 bridgehead atoms. The van der Waals surface area contributed by atoms with Crippen LogP contribution in [0.2, 0.25) is 0 Å². The van der Waals surface area contributed by atoms with Gasteiger partial charge in [0.15, 0.2) is 0 Å². The van der Waals surface area contributed by atoms with Gasteiger partial charge < -0.3 is 4.74 Å². The van der Waals surface area contributed by atoms with Gasteiger partial charge in [-0.2, -0.15) is 8.42 Å². The number of rotatable bonds is 5. The van der Waals surface area contributed by atoms with Gasteiger partial charge in [0.2, 0.25) is 0 Å². The van der Waals surface area contributed by atoms with Crippen LogP contribution in [0, 0.1) is 13.8 Å². The summed E-state index contributed by atoms with van der Waals surface area (Å²) in [5, 5.41) is 0. The van der Waals surface area contributed by atoms with Crippen molar-refractivity contribution in [3.05, 3.63) is 29.3 Å². The van der Waals surface area contributed by atoms with Crippen molar-refractivity contribution in [1.82, 2.24) is 4.90 Å². The Kier molecular flexibility index (Phi) is 9.97. The molecule has 1 aliphatic heterocycles. The van der Waals surface area contributed by atoms with E-state index in [-0.39, 0.29) is 4.90 Å². The molecule has 1 saturated heterocycles. The molecule has 29 heavy (non-hydrogen) atoms. The van der Waals surface area contributed by atoms with Gasteiger partial charge in [0, 0.05) is 19.6 Å². The molecule has 0 radical (unpaired) electrons. The third-order valence-corrected chi connectivity index (χ3v) is 6.14. The Morgan fingerprint density at radius 3 is 2.48 bits per heavy atom. The monoisotopic (exact) mass is 423 g/mol. The minimum atomic E-state index is -4.05. The summed E-state index contributed by atoms with van der Waals surface area (Å²) in [4.78, 5) is 11.0. The second-order valence-corrected chi connectivity index (χ2v) is 8.99. The van der Waals surface area contributed by atoms with E-state index >= 15 is 0 Å². The van der Waals surface area contributed by atoms with Crippen LogP contribution in [0.4, 0.5) is 0 Å². The lowest BCUT2D eigenvalue weighted by Gasteiger charge is -2.25. The van der Waals surface area contributed by atoms with Crippen LogP contribution < -0.4 is 0 Å². The zero-order valence-electron chi connectivity index (χ0n) is 17.5. The van der Waals surface area contributed by atoms with E-state index in [4.69, 9.17) is 9.29 Å². The van der Waals surface area contributed by atoms with Crippen LogP contribution >= 0.6 is 0 Å². The molecule has 1 saturated carbocycles. The molecule has 1 aromatic carbocycles. The Hall–Kier alpha value is -1.57. The Balaban J connectivity index is 0.000000221. The maximum atomic E-state index is 10.7. The number of nitrogens with zero attached hydrogens (tertiary/aromatic N) is 3. The topological polar surface area (TPSA) is 91.6 Å². The first kappa shape index (κ1) is 23.7. The molecule has 2 aliphatic rings. The fourth-order valence-corrected chi connectivity index (χ4v) is 4.19. The van der Waals surface area contributed by atoms with Crippen LogP contribution in [0.5, 0.6) is 0 Å². The van der Waals surface area contributed by atoms with Gasteiger partial charge >= 0.3 is 0 Å². The molecule has 3 rings (SSSR count). The van der Waals surface area contributed by atoms with Crippen LogP contribution in [0.3, 0.4) is 0 Å². The molecule has 162 valence electrons. The second kappa shape index (κ2) is 12.2. The van der Waals surface area contributed by atoms with Crippen molar-refractivity contribution in [2.24, 2.45) is 9.98 Å². The number of hydrogen-bond acceptors (Lipinski definition) is 6. The van der Waals surface area contributed by atoms with E-state index in [0.29, 0.717) is 11.6 Å². The lowest BCUT2D eigenvalue weighted by Crippen LogP contribution is -2.37. The molecule has 1 N–H and O–H groups in total. The quantitative estimate of drug-likeness (QED) is 0.579. The lowest BCUT2D eigenvalue weighted by atomic mass is 9.96. The Bertz CT molecular complexity index is 792. The summed E-state index contributed by atoms with van der Waals surface area (Å²) in [7, 11) is -4.05. The zero-order chi connectivity index (χ0) is 21.1. The van der Waals surface area contributed by atoms with Crippen molar-refractivity contribution in [3.8, 4) is 0 Å². The summed E-state index contributed by atoms with van der Waals surface area (Å²) < 4.78 is 35.5. The number of aryl methyl sites for hydroxylation is 2. The van der Waals surface area contributed by atoms with Crippen LogP contribution in [-0.4, -0.2) is 69.3 Å². The average molecular weight is 424 g/mol. The average Bonchev–Trinajstić information content (AvgIpc) is 2.69. The lowest BCUT2D eigenvalue weighted by molar-refractivity contribution is 0.0395. The molecule has 1 aliphatic carbocycles. The SMILES string of the molecule is C(=NCCN1CCOCC1)=NC1CCCCC1.Cc1ccc(S(=O)(=O)O)c(C)c1. The van der Waals surface area contributed by atoms with Crippen molar-refractivity contribution >= 4 is 16.1 Å². The molecule has 0 aromatic heterocycles. The molecule has 0 spiro atoms. The first-order valence-corrected chi connectivity index (χ1v) is 11.8. The van der Waals surface area contributed by atoms with Gasteiger partial charge in [-0.1, -0.05) is 37.0 Å². The number of aliphatic imine (C=N–C) groups is 2. The summed E-state index contributed by atoms with van der Waals surface area (Å²) in [6.07, 6.45) is 6.48. The molecule has 1 aromatic rings. The van der Waals surface area contributed by atoms with Crippen molar-refractivity contribution in [3.63, 3.8) is 0 Å². The zero-order valence-corrected chi connectivity index (χ0v) is 18.3. The van der Waals surface area contributed by atoms with Crippen LogP contribution in [0.15, 0.2) is 33.1 Å². The highest BCUT2D eigenvalue weighted by Gasteiger charge is 2.12. The standard InChI is InChI=1S/C13H23N3O.C8H10O3S/c1-2-4-13(5-3-1)15-12-14-6-7-16-8-10-17-11-9-16;1-6-3-4-8(7(2)5-6)12(9,10)11/h13H,1-11H2;3-5H,1-2H3,(H,9,10,11). The number of hydrogen-bond donors (Lipinski definition) is 1. The van der Waals surface area contributed by atoms with Gasteiger partial charge in [0.05, 0.1) is 36.7 Å². The minimum absolute atomic E-state index is 0.0203. The first-order chi connectivity index (χ1) is 13.9. The van der Waals surface area contributed by atoms with Crippen LogP contribution in [0.1, 0.15) is 43.2 Å². The molecule has 0 atom stereocenters. The van der Waals surface area contributed by atoms with E-state index in [1.165, 1.54) is 38.2 Å². The van der Waals surface area contributed by atoms with Crippen LogP contribution in [0.25, 0.3) is 0 Å². The van der Waals surface area contributed by atoms with E-state index in [2.05, 4.69) is 20.9 Å². The minimum Gasteiger partial charge on any atom is -0.379 e. The van der Waals surface area contributed by atoms with Gasteiger partial charge in [0.25, 0.3) is 10.1 Å². The predicted molar refractivity (Wildman–Crippen MR) is 115 cm³/mol.